The van der Waals surface area contributed by atoms with Gasteiger partial charge >= 0.3 is 0 Å². The number of hydrogen-bond donors (Lipinski definition) is 1. The van der Waals surface area contributed by atoms with E-state index in [4.69, 9.17) is 4.74 Å². The SMILES string of the molecule is Cc1nc(Oc2ccc(NC(=O)c3ccccc3Br)cc2)cc(-n2ccnc2)n1. The van der Waals surface area contributed by atoms with Gasteiger partial charge in [0.1, 0.15) is 23.7 Å². The van der Waals surface area contributed by atoms with E-state index in [1.54, 1.807) is 66.6 Å². The summed E-state index contributed by atoms with van der Waals surface area (Å²) in [6.07, 6.45) is 5.14. The van der Waals surface area contributed by atoms with E-state index in [2.05, 4.69) is 36.2 Å². The van der Waals surface area contributed by atoms with Gasteiger partial charge < -0.3 is 10.1 Å². The number of aromatic nitrogens is 4. The third-order valence-corrected chi connectivity index (χ3v) is 4.71. The molecule has 0 spiro atoms. The van der Waals surface area contributed by atoms with Crippen LogP contribution in [0.15, 0.2) is 77.8 Å². The minimum Gasteiger partial charge on any atom is -0.439 e. The van der Waals surface area contributed by atoms with Gasteiger partial charge in [0.05, 0.1) is 5.56 Å². The Morgan fingerprint density at radius 3 is 2.62 bits per heavy atom. The zero-order valence-corrected chi connectivity index (χ0v) is 17.0. The number of anilines is 1. The summed E-state index contributed by atoms with van der Waals surface area (Å²) in [4.78, 5) is 25.1. The van der Waals surface area contributed by atoms with Crippen LogP contribution in [-0.2, 0) is 0 Å². The lowest BCUT2D eigenvalue weighted by Crippen LogP contribution is -2.12. The van der Waals surface area contributed by atoms with Crippen LogP contribution in [0.2, 0.25) is 0 Å². The fourth-order valence-electron chi connectivity index (χ4n) is 2.68. The van der Waals surface area contributed by atoms with Gasteiger partial charge in [-0.25, -0.2) is 9.97 Å². The van der Waals surface area contributed by atoms with E-state index in [9.17, 15) is 4.79 Å². The van der Waals surface area contributed by atoms with Crippen molar-refractivity contribution in [3.63, 3.8) is 0 Å². The first-order chi connectivity index (χ1) is 14.1. The van der Waals surface area contributed by atoms with Crippen LogP contribution in [0.5, 0.6) is 11.6 Å². The van der Waals surface area contributed by atoms with Gasteiger partial charge in [-0.05, 0) is 59.3 Å². The average Bonchev–Trinajstić information content (AvgIpc) is 3.24. The summed E-state index contributed by atoms with van der Waals surface area (Å²) in [7, 11) is 0. The highest BCUT2D eigenvalue weighted by Gasteiger charge is 2.10. The minimum absolute atomic E-state index is 0.192. The van der Waals surface area contributed by atoms with Crippen molar-refractivity contribution in [1.29, 1.82) is 0 Å². The van der Waals surface area contributed by atoms with Gasteiger partial charge in [0.25, 0.3) is 5.91 Å². The fourth-order valence-corrected chi connectivity index (χ4v) is 3.14. The van der Waals surface area contributed by atoms with E-state index in [0.29, 0.717) is 34.5 Å². The second kappa shape index (κ2) is 8.24. The van der Waals surface area contributed by atoms with Crippen molar-refractivity contribution in [1.82, 2.24) is 19.5 Å². The number of carbonyl (C=O) groups excluding carboxylic acids is 1. The van der Waals surface area contributed by atoms with E-state index in [1.165, 1.54) is 0 Å². The van der Waals surface area contributed by atoms with Crippen molar-refractivity contribution < 1.29 is 9.53 Å². The molecule has 0 bridgehead atoms. The summed E-state index contributed by atoms with van der Waals surface area (Å²) >= 11 is 3.39. The van der Waals surface area contributed by atoms with Gasteiger partial charge in [0.15, 0.2) is 0 Å². The van der Waals surface area contributed by atoms with Crippen molar-refractivity contribution in [2.24, 2.45) is 0 Å². The summed E-state index contributed by atoms with van der Waals surface area (Å²) in [5, 5.41) is 2.87. The number of rotatable bonds is 5. The van der Waals surface area contributed by atoms with Gasteiger partial charge in [-0.15, -0.1) is 0 Å². The predicted octanol–water partition coefficient (Wildman–Crippen LogP) is 4.78. The molecule has 7 nitrogen and oxygen atoms in total. The van der Waals surface area contributed by atoms with Crippen LogP contribution in [0.4, 0.5) is 5.69 Å². The molecule has 2 aromatic carbocycles. The quantitative estimate of drug-likeness (QED) is 0.474. The second-order valence-corrected chi connectivity index (χ2v) is 7.00. The lowest BCUT2D eigenvalue weighted by Gasteiger charge is -2.10. The van der Waals surface area contributed by atoms with Crippen LogP contribution >= 0.6 is 15.9 Å². The number of imidazole rings is 1. The van der Waals surface area contributed by atoms with Crippen molar-refractivity contribution in [2.75, 3.05) is 5.32 Å². The second-order valence-electron chi connectivity index (χ2n) is 6.14. The Hall–Kier alpha value is -3.52. The molecule has 2 heterocycles. The number of nitrogens with one attached hydrogen (secondary N) is 1. The molecule has 4 aromatic rings. The molecule has 0 aliphatic rings. The Morgan fingerprint density at radius 1 is 1.10 bits per heavy atom. The normalized spacial score (nSPS) is 10.6. The van der Waals surface area contributed by atoms with Crippen molar-refractivity contribution in [2.45, 2.75) is 6.92 Å². The van der Waals surface area contributed by atoms with E-state index in [0.717, 1.165) is 4.47 Å². The average molecular weight is 450 g/mol. The molecular formula is C21H16BrN5O2. The Labute approximate surface area is 175 Å². The molecule has 0 aliphatic carbocycles. The summed E-state index contributed by atoms with van der Waals surface area (Å²) < 4.78 is 8.38. The summed E-state index contributed by atoms with van der Waals surface area (Å²) in [5.74, 6) is 2.08. The van der Waals surface area contributed by atoms with Crippen molar-refractivity contribution >= 4 is 27.5 Å². The Bertz CT molecular complexity index is 1140. The van der Waals surface area contributed by atoms with Gasteiger partial charge in [0, 0.05) is 28.6 Å². The summed E-state index contributed by atoms with van der Waals surface area (Å²) in [5.41, 5.74) is 1.23. The van der Waals surface area contributed by atoms with E-state index >= 15 is 0 Å². The Balaban J connectivity index is 1.48. The van der Waals surface area contributed by atoms with E-state index in [1.807, 2.05) is 18.2 Å². The van der Waals surface area contributed by atoms with Gasteiger partial charge in [-0.2, -0.15) is 4.98 Å². The van der Waals surface area contributed by atoms with Crippen LogP contribution in [0.1, 0.15) is 16.2 Å². The van der Waals surface area contributed by atoms with Gasteiger partial charge in [0.2, 0.25) is 5.88 Å². The van der Waals surface area contributed by atoms with Crippen LogP contribution in [0.3, 0.4) is 0 Å². The molecule has 0 saturated heterocycles. The molecule has 0 atom stereocenters. The number of carbonyl (C=O) groups is 1. The molecule has 0 radical (unpaired) electrons. The number of amides is 1. The van der Waals surface area contributed by atoms with E-state index in [-0.39, 0.29) is 5.91 Å². The first-order valence-electron chi connectivity index (χ1n) is 8.76. The molecule has 4 rings (SSSR count). The monoisotopic (exact) mass is 449 g/mol. The lowest BCUT2D eigenvalue weighted by atomic mass is 10.2. The van der Waals surface area contributed by atoms with Crippen LogP contribution < -0.4 is 10.1 Å². The maximum Gasteiger partial charge on any atom is 0.256 e. The Morgan fingerprint density at radius 2 is 1.90 bits per heavy atom. The molecule has 0 aliphatic heterocycles. The highest BCUT2D eigenvalue weighted by atomic mass is 79.9. The lowest BCUT2D eigenvalue weighted by molar-refractivity contribution is 0.102. The van der Waals surface area contributed by atoms with Crippen molar-refractivity contribution in [3.05, 3.63) is 89.2 Å². The molecule has 1 N–H and O–H groups in total. The minimum atomic E-state index is -0.192. The number of halogens is 1. The maximum atomic E-state index is 12.4. The first kappa shape index (κ1) is 18.8. The molecule has 0 fully saturated rings. The Kier molecular flexibility index (Phi) is 5.35. The standard InChI is InChI=1S/C21H16BrN5O2/c1-14-24-19(27-11-10-23-13-27)12-20(25-14)29-16-8-6-15(7-9-16)26-21(28)17-4-2-3-5-18(17)22/h2-13H,1H3,(H,26,28). The molecule has 0 unspecified atom stereocenters. The molecule has 2 aromatic heterocycles. The summed E-state index contributed by atoms with van der Waals surface area (Å²) in [6.45, 7) is 1.80. The van der Waals surface area contributed by atoms with Crippen LogP contribution in [0, 0.1) is 6.92 Å². The third-order valence-electron chi connectivity index (χ3n) is 4.02. The number of hydrogen-bond acceptors (Lipinski definition) is 5. The number of benzene rings is 2. The highest BCUT2D eigenvalue weighted by Crippen LogP contribution is 2.24. The smallest absolute Gasteiger partial charge is 0.256 e. The van der Waals surface area contributed by atoms with Crippen LogP contribution in [0.25, 0.3) is 5.82 Å². The summed E-state index contributed by atoms with van der Waals surface area (Å²) in [6, 6.07) is 16.1. The largest absolute Gasteiger partial charge is 0.439 e. The molecule has 144 valence electrons. The van der Waals surface area contributed by atoms with Crippen LogP contribution in [-0.4, -0.2) is 25.4 Å². The highest BCUT2D eigenvalue weighted by molar-refractivity contribution is 9.10. The number of ether oxygens (including phenoxy) is 1. The molecular weight excluding hydrogens is 434 g/mol. The van der Waals surface area contributed by atoms with E-state index < -0.39 is 0 Å². The maximum absolute atomic E-state index is 12.4. The fraction of sp³-hybridized carbons (Fsp3) is 0.0476. The molecule has 8 heteroatoms. The zero-order valence-electron chi connectivity index (χ0n) is 15.4. The first-order valence-corrected chi connectivity index (χ1v) is 9.55. The third kappa shape index (κ3) is 4.49. The zero-order chi connectivity index (χ0) is 20.2. The number of aryl methyl sites for hydroxylation is 1. The molecule has 0 saturated carbocycles. The predicted molar refractivity (Wildman–Crippen MR) is 113 cm³/mol. The molecule has 29 heavy (non-hydrogen) atoms. The van der Waals surface area contributed by atoms with Gasteiger partial charge in [-0.3, -0.25) is 9.36 Å². The van der Waals surface area contributed by atoms with Crippen molar-refractivity contribution in [3.8, 4) is 17.4 Å². The topological polar surface area (TPSA) is 81.9 Å². The number of nitrogens with zero attached hydrogens (tertiary/aromatic N) is 4. The molecule has 1 amide bonds. The van der Waals surface area contributed by atoms with Gasteiger partial charge in [-0.1, -0.05) is 12.1 Å².